The van der Waals surface area contributed by atoms with Crippen LogP contribution in [0.15, 0.2) is 24.3 Å². The van der Waals surface area contributed by atoms with Gasteiger partial charge < -0.3 is 14.8 Å². The molecule has 100 valence electrons. The van der Waals surface area contributed by atoms with Crippen LogP contribution in [0.1, 0.15) is 0 Å². The van der Waals surface area contributed by atoms with Crippen molar-refractivity contribution in [3.63, 3.8) is 0 Å². The number of benzene rings is 1. The Bertz CT molecular complexity index is 371. The van der Waals surface area contributed by atoms with E-state index < -0.39 is 0 Å². The third-order valence-electron chi connectivity index (χ3n) is 2.11. The maximum atomic E-state index is 11.6. The molecule has 1 aromatic rings. The molecular weight excluding hydrogens is 236 g/mol. The van der Waals surface area contributed by atoms with Crippen LogP contribution in [0.4, 0.5) is 5.69 Å². The van der Waals surface area contributed by atoms with Crippen LogP contribution < -0.4 is 15.5 Å². The van der Waals surface area contributed by atoms with Gasteiger partial charge in [-0.3, -0.25) is 9.63 Å². The number of hydroxylamine groups is 1. The van der Waals surface area contributed by atoms with Crippen molar-refractivity contribution in [1.29, 1.82) is 0 Å². The van der Waals surface area contributed by atoms with E-state index in [2.05, 4.69) is 10.8 Å². The van der Waals surface area contributed by atoms with Crippen molar-refractivity contribution < 1.29 is 19.1 Å². The van der Waals surface area contributed by atoms with E-state index in [4.69, 9.17) is 14.3 Å². The van der Waals surface area contributed by atoms with E-state index in [1.807, 2.05) is 12.1 Å². The minimum absolute atomic E-state index is 0.0573. The van der Waals surface area contributed by atoms with Gasteiger partial charge in [0.25, 0.3) is 0 Å². The minimum atomic E-state index is -0.211. The molecule has 1 amide bonds. The van der Waals surface area contributed by atoms with E-state index in [9.17, 15) is 4.79 Å². The maximum Gasteiger partial charge on any atom is 0.240 e. The molecule has 0 radical (unpaired) electrons. The van der Waals surface area contributed by atoms with Crippen molar-refractivity contribution in [1.82, 2.24) is 5.48 Å². The van der Waals surface area contributed by atoms with Crippen LogP contribution in [-0.2, 0) is 14.4 Å². The zero-order valence-electron chi connectivity index (χ0n) is 10.6. The van der Waals surface area contributed by atoms with Gasteiger partial charge in [0, 0.05) is 7.11 Å². The minimum Gasteiger partial charge on any atom is -0.495 e. The number of rotatable bonds is 8. The van der Waals surface area contributed by atoms with Gasteiger partial charge in [-0.15, -0.1) is 0 Å². The highest BCUT2D eigenvalue weighted by Crippen LogP contribution is 2.22. The molecular formula is C12H18N2O4. The van der Waals surface area contributed by atoms with Crippen LogP contribution in [0, 0.1) is 0 Å². The van der Waals surface area contributed by atoms with Crippen molar-refractivity contribution in [2.24, 2.45) is 0 Å². The fraction of sp³-hybridized carbons (Fsp3) is 0.417. The van der Waals surface area contributed by atoms with E-state index in [-0.39, 0.29) is 12.5 Å². The summed E-state index contributed by atoms with van der Waals surface area (Å²) in [6.45, 7) is 0.918. The van der Waals surface area contributed by atoms with Gasteiger partial charge in [0.05, 0.1) is 26.0 Å². The third-order valence-corrected chi connectivity index (χ3v) is 2.11. The zero-order chi connectivity index (χ0) is 13.2. The van der Waals surface area contributed by atoms with Crippen LogP contribution in [0.3, 0.4) is 0 Å². The number of carbonyl (C=O) groups is 1. The van der Waals surface area contributed by atoms with E-state index in [0.29, 0.717) is 24.7 Å². The Balaban J connectivity index is 2.31. The molecule has 2 N–H and O–H groups in total. The largest absolute Gasteiger partial charge is 0.495 e. The molecule has 1 rings (SSSR count). The molecule has 0 aliphatic heterocycles. The first-order valence-corrected chi connectivity index (χ1v) is 5.54. The lowest BCUT2D eigenvalue weighted by Gasteiger charge is -2.10. The molecule has 1 aromatic carbocycles. The highest BCUT2D eigenvalue weighted by atomic mass is 16.7. The van der Waals surface area contributed by atoms with Gasteiger partial charge in [0.1, 0.15) is 12.3 Å². The average Bonchev–Trinajstić information content (AvgIpc) is 2.39. The van der Waals surface area contributed by atoms with E-state index in [0.717, 1.165) is 0 Å². The zero-order valence-corrected chi connectivity index (χ0v) is 10.6. The molecule has 6 nitrogen and oxygen atoms in total. The maximum absolute atomic E-state index is 11.6. The number of nitrogens with one attached hydrogen (secondary N) is 2. The van der Waals surface area contributed by atoms with Crippen molar-refractivity contribution in [3.05, 3.63) is 24.3 Å². The van der Waals surface area contributed by atoms with Gasteiger partial charge in [-0.2, -0.15) is 5.48 Å². The van der Waals surface area contributed by atoms with Crippen molar-refractivity contribution in [2.45, 2.75) is 0 Å². The number of hydrogen-bond acceptors (Lipinski definition) is 5. The number of amides is 1. The van der Waals surface area contributed by atoms with Crippen LogP contribution in [-0.4, -0.2) is 39.9 Å². The second kappa shape index (κ2) is 8.46. The Morgan fingerprint density at radius 1 is 1.22 bits per heavy atom. The van der Waals surface area contributed by atoms with Gasteiger partial charge in [0.15, 0.2) is 0 Å². The Labute approximate surface area is 106 Å². The van der Waals surface area contributed by atoms with Gasteiger partial charge in [-0.25, -0.2) is 0 Å². The number of hydrogen-bond donors (Lipinski definition) is 2. The van der Waals surface area contributed by atoms with Crippen molar-refractivity contribution >= 4 is 11.6 Å². The summed E-state index contributed by atoms with van der Waals surface area (Å²) in [5.74, 6) is 0.406. The monoisotopic (exact) mass is 254 g/mol. The number of carbonyl (C=O) groups excluding carboxylic acids is 1. The van der Waals surface area contributed by atoms with Crippen LogP contribution in [0.5, 0.6) is 5.75 Å². The van der Waals surface area contributed by atoms with Crippen LogP contribution in [0.25, 0.3) is 0 Å². The summed E-state index contributed by atoms with van der Waals surface area (Å²) in [5.41, 5.74) is 3.17. The van der Waals surface area contributed by atoms with Crippen LogP contribution >= 0.6 is 0 Å². The second-order valence-electron chi connectivity index (χ2n) is 3.41. The number of ether oxygens (including phenoxy) is 2. The Hall–Kier alpha value is -1.63. The molecule has 18 heavy (non-hydrogen) atoms. The summed E-state index contributed by atoms with van der Waals surface area (Å²) in [6, 6.07) is 7.20. The molecule has 0 saturated heterocycles. The summed E-state index contributed by atoms with van der Waals surface area (Å²) in [7, 11) is 3.13. The number of para-hydroxylation sites is 2. The molecule has 0 aliphatic carbocycles. The lowest BCUT2D eigenvalue weighted by atomic mass is 10.3. The summed E-state index contributed by atoms with van der Waals surface area (Å²) >= 11 is 0. The lowest BCUT2D eigenvalue weighted by molar-refractivity contribution is -0.118. The standard InChI is InChI=1S/C12H18N2O4/c1-16-7-8-18-13-9-12(15)14-10-5-3-4-6-11(10)17-2/h3-6,13H,7-9H2,1-2H3,(H,14,15). The van der Waals surface area contributed by atoms with Gasteiger partial charge >= 0.3 is 0 Å². The molecule has 0 atom stereocenters. The summed E-state index contributed by atoms with van der Waals surface area (Å²) < 4.78 is 9.91. The van der Waals surface area contributed by atoms with E-state index in [1.165, 1.54) is 0 Å². The first kappa shape index (κ1) is 14.4. The quantitative estimate of drug-likeness (QED) is 0.530. The highest BCUT2D eigenvalue weighted by Gasteiger charge is 2.06. The molecule has 0 unspecified atom stereocenters. The molecule has 6 heteroatoms. The Morgan fingerprint density at radius 2 is 2.00 bits per heavy atom. The predicted molar refractivity (Wildman–Crippen MR) is 67.5 cm³/mol. The van der Waals surface area contributed by atoms with Gasteiger partial charge in [-0.1, -0.05) is 12.1 Å². The first-order chi connectivity index (χ1) is 8.77. The first-order valence-electron chi connectivity index (χ1n) is 5.54. The fourth-order valence-electron chi connectivity index (χ4n) is 1.26. The molecule has 0 fully saturated rings. The normalized spacial score (nSPS) is 10.1. The van der Waals surface area contributed by atoms with Crippen LogP contribution in [0.2, 0.25) is 0 Å². The van der Waals surface area contributed by atoms with Gasteiger partial charge in [-0.05, 0) is 12.1 Å². The number of anilines is 1. The van der Waals surface area contributed by atoms with E-state index >= 15 is 0 Å². The second-order valence-corrected chi connectivity index (χ2v) is 3.41. The Morgan fingerprint density at radius 3 is 2.72 bits per heavy atom. The molecule has 0 aromatic heterocycles. The summed E-state index contributed by atoms with van der Waals surface area (Å²) in [5, 5.41) is 2.71. The fourth-order valence-corrected chi connectivity index (χ4v) is 1.26. The highest BCUT2D eigenvalue weighted by molar-refractivity contribution is 5.93. The molecule has 0 bridgehead atoms. The SMILES string of the molecule is COCCONCC(=O)Nc1ccccc1OC. The van der Waals surface area contributed by atoms with Gasteiger partial charge in [0.2, 0.25) is 5.91 Å². The molecule has 0 heterocycles. The van der Waals surface area contributed by atoms with Crippen molar-refractivity contribution in [3.8, 4) is 5.75 Å². The molecule has 0 saturated carbocycles. The average molecular weight is 254 g/mol. The smallest absolute Gasteiger partial charge is 0.240 e. The summed E-state index contributed by atoms with van der Waals surface area (Å²) in [6.07, 6.45) is 0. The third kappa shape index (κ3) is 5.13. The number of methoxy groups -OCH3 is 2. The van der Waals surface area contributed by atoms with E-state index in [1.54, 1.807) is 26.4 Å². The topological polar surface area (TPSA) is 68.8 Å². The lowest BCUT2D eigenvalue weighted by Crippen LogP contribution is -2.29. The molecule has 0 aliphatic rings. The van der Waals surface area contributed by atoms with Crippen molar-refractivity contribution in [2.75, 3.05) is 39.3 Å². The predicted octanol–water partition coefficient (Wildman–Crippen LogP) is 0.801. The summed E-state index contributed by atoms with van der Waals surface area (Å²) in [4.78, 5) is 16.5. The Kier molecular flexibility index (Phi) is 6.78. The molecule has 0 spiro atoms.